The Morgan fingerprint density at radius 2 is 1.77 bits per heavy atom. The standard InChI is InChI=1S/C16H21N7O2S/c1-11-19-15(17)14(16(20-11)23-9-3-2-4-10-23)22-21-12-5-7-13(8-6-12)26(18,24)25/h5-8,21H,1-4,9-10H2,(H2,17,19)(H2,18,24,25)/b22-14+. The number of nitrogens with one attached hydrogen (secondary N) is 1. The maximum absolute atomic E-state index is 11.3. The number of anilines is 1. The molecule has 1 saturated heterocycles. The molecule has 0 spiro atoms. The smallest absolute Gasteiger partial charge is 0.238 e. The number of amidine groups is 2. The van der Waals surface area contributed by atoms with E-state index in [2.05, 4.69) is 32.0 Å². The van der Waals surface area contributed by atoms with Crippen LogP contribution in [0.5, 0.6) is 0 Å². The first-order valence-corrected chi connectivity index (χ1v) is 9.73. The molecule has 10 heteroatoms. The molecule has 9 nitrogen and oxygen atoms in total. The van der Waals surface area contributed by atoms with Gasteiger partial charge in [-0.1, -0.05) is 6.58 Å². The zero-order valence-electron chi connectivity index (χ0n) is 14.2. The predicted molar refractivity (Wildman–Crippen MR) is 102 cm³/mol. The number of nitrogens with two attached hydrogens (primary N) is 2. The third-order valence-corrected chi connectivity index (χ3v) is 5.00. The van der Waals surface area contributed by atoms with E-state index >= 15 is 0 Å². The molecule has 3 rings (SSSR count). The molecule has 0 aromatic heterocycles. The van der Waals surface area contributed by atoms with Crippen molar-refractivity contribution in [3.05, 3.63) is 36.7 Å². The summed E-state index contributed by atoms with van der Waals surface area (Å²) in [4.78, 5) is 10.7. The van der Waals surface area contributed by atoms with Gasteiger partial charge in [0.2, 0.25) is 10.0 Å². The van der Waals surface area contributed by atoms with Crippen molar-refractivity contribution in [2.75, 3.05) is 18.5 Å². The number of nitrogens with zero attached hydrogens (tertiary/aromatic N) is 4. The molecule has 1 fully saturated rings. The van der Waals surface area contributed by atoms with Gasteiger partial charge in [-0.3, -0.25) is 5.43 Å². The van der Waals surface area contributed by atoms with Crippen LogP contribution >= 0.6 is 0 Å². The monoisotopic (exact) mass is 375 g/mol. The van der Waals surface area contributed by atoms with Gasteiger partial charge in [-0.05, 0) is 43.5 Å². The molecule has 0 atom stereocenters. The minimum absolute atomic E-state index is 0.0290. The Hall–Kier alpha value is -2.72. The minimum atomic E-state index is -3.73. The van der Waals surface area contributed by atoms with Crippen LogP contribution in [0, 0.1) is 0 Å². The molecule has 2 heterocycles. The topological polar surface area (TPSA) is 139 Å². The summed E-state index contributed by atoms with van der Waals surface area (Å²) in [5, 5.41) is 9.43. The van der Waals surface area contributed by atoms with Crippen LogP contribution in [0.15, 0.2) is 56.6 Å². The lowest BCUT2D eigenvalue weighted by atomic mass is 10.1. The van der Waals surface area contributed by atoms with E-state index in [0.717, 1.165) is 25.9 Å². The average molecular weight is 375 g/mol. The highest BCUT2D eigenvalue weighted by atomic mass is 32.2. The minimum Gasteiger partial charge on any atom is -0.382 e. The number of hydrogen-bond acceptors (Lipinski definition) is 8. The van der Waals surface area contributed by atoms with Crippen LogP contribution in [-0.2, 0) is 10.0 Å². The Morgan fingerprint density at radius 3 is 2.38 bits per heavy atom. The number of benzene rings is 1. The summed E-state index contributed by atoms with van der Waals surface area (Å²) in [5.74, 6) is 1.23. The van der Waals surface area contributed by atoms with Crippen molar-refractivity contribution in [1.29, 1.82) is 0 Å². The van der Waals surface area contributed by atoms with E-state index < -0.39 is 10.0 Å². The molecule has 2 aliphatic rings. The summed E-state index contributed by atoms with van der Waals surface area (Å²) in [7, 11) is -3.73. The first-order chi connectivity index (χ1) is 12.3. The second kappa shape index (κ2) is 7.26. The molecule has 26 heavy (non-hydrogen) atoms. The van der Waals surface area contributed by atoms with Gasteiger partial charge in [-0.15, -0.1) is 0 Å². The molecule has 2 aliphatic heterocycles. The van der Waals surface area contributed by atoms with Gasteiger partial charge in [0.1, 0.15) is 5.82 Å². The van der Waals surface area contributed by atoms with Crippen molar-refractivity contribution < 1.29 is 8.42 Å². The van der Waals surface area contributed by atoms with Crippen molar-refractivity contribution in [2.24, 2.45) is 26.0 Å². The highest BCUT2D eigenvalue weighted by Crippen LogP contribution is 2.16. The molecule has 0 radical (unpaired) electrons. The number of hydrazone groups is 1. The van der Waals surface area contributed by atoms with Gasteiger partial charge in [-0.25, -0.2) is 23.5 Å². The van der Waals surface area contributed by atoms with Crippen LogP contribution < -0.4 is 16.3 Å². The first kappa shape index (κ1) is 18.1. The second-order valence-electron chi connectivity index (χ2n) is 6.04. The summed E-state index contributed by atoms with van der Waals surface area (Å²) in [6.07, 6.45) is 3.35. The number of sulfonamides is 1. The average Bonchev–Trinajstić information content (AvgIpc) is 2.61. The van der Waals surface area contributed by atoms with E-state index in [-0.39, 0.29) is 10.7 Å². The molecule has 0 saturated carbocycles. The number of piperidine rings is 1. The van der Waals surface area contributed by atoms with Gasteiger partial charge in [0.15, 0.2) is 17.4 Å². The van der Waals surface area contributed by atoms with Gasteiger partial charge < -0.3 is 10.6 Å². The quantitative estimate of drug-likeness (QED) is 0.672. The molecular formula is C16H21N7O2S. The van der Waals surface area contributed by atoms with E-state index in [9.17, 15) is 8.42 Å². The van der Waals surface area contributed by atoms with E-state index in [1.54, 1.807) is 12.1 Å². The Balaban J connectivity index is 1.83. The van der Waals surface area contributed by atoms with Crippen LogP contribution in [-0.4, -0.2) is 43.8 Å². The van der Waals surface area contributed by atoms with E-state index in [1.807, 2.05) is 0 Å². The van der Waals surface area contributed by atoms with Crippen molar-refractivity contribution >= 4 is 33.1 Å². The largest absolute Gasteiger partial charge is 0.382 e. The zero-order valence-corrected chi connectivity index (χ0v) is 15.0. The summed E-state index contributed by atoms with van der Waals surface area (Å²) >= 11 is 0. The molecule has 138 valence electrons. The Bertz CT molecular complexity index is 895. The van der Waals surface area contributed by atoms with Gasteiger partial charge in [0, 0.05) is 13.1 Å². The first-order valence-electron chi connectivity index (χ1n) is 8.18. The number of hydrogen-bond donors (Lipinski definition) is 3. The molecule has 5 N–H and O–H groups in total. The van der Waals surface area contributed by atoms with Gasteiger partial charge in [0.05, 0.1) is 10.6 Å². The SMILES string of the molecule is C=C1N=C(N)/C(=N\Nc2ccc(S(N)(=O)=O)cc2)C(N2CCCCC2)=N1. The molecule has 0 amide bonds. The molecular weight excluding hydrogens is 354 g/mol. The molecule has 1 aromatic carbocycles. The van der Waals surface area contributed by atoms with Crippen LogP contribution in [0.1, 0.15) is 19.3 Å². The number of rotatable bonds is 3. The molecule has 1 aromatic rings. The van der Waals surface area contributed by atoms with Crippen molar-refractivity contribution in [1.82, 2.24) is 4.90 Å². The summed E-state index contributed by atoms with van der Waals surface area (Å²) in [6.45, 7) is 5.52. The maximum atomic E-state index is 11.3. The highest BCUT2D eigenvalue weighted by Gasteiger charge is 2.25. The number of primary sulfonamides is 1. The van der Waals surface area contributed by atoms with Crippen LogP contribution in [0.25, 0.3) is 0 Å². The molecule has 0 bridgehead atoms. The molecule has 0 aliphatic carbocycles. The Morgan fingerprint density at radius 1 is 1.12 bits per heavy atom. The Kier molecular flexibility index (Phi) is 5.05. The Labute approximate surface area is 152 Å². The fraction of sp³-hybridized carbons (Fsp3) is 0.312. The summed E-state index contributed by atoms with van der Waals surface area (Å²) in [6, 6.07) is 5.93. The van der Waals surface area contributed by atoms with Gasteiger partial charge in [-0.2, -0.15) is 5.10 Å². The van der Waals surface area contributed by atoms with Gasteiger partial charge in [0.25, 0.3) is 0 Å². The number of aliphatic imine (C=N–C) groups is 2. The lowest BCUT2D eigenvalue weighted by molar-refractivity contribution is 0.345. The zero-order chi connectivity index (χ0) is 18.7. The maximum Gasteiger partial charge on any atom is 0.238 e. The number of likely N-dealkylation sites (tertiary alicyclic amines) is 1. The fourth-order valence-corrected chi connectivity index (χ4v) is 3.30. The van der Waals surface area contributed by atoms with Crippen LogP contribution in [0.2, 0.25) is 0 Å². The van der Waals surface area contributed by atoms with Crippen molar-refractivity contribution in [3.63, 3.8) is 0 Å². The van der Waals surface area contributed by atoms with E-state index in [1.165, 1.54) is 18.6 Å². The van der Waals surface area contributed by atoms with Crippen molar-refractivity contribution in [2.45, 2.75) is 24.2 Å². The highest BCUT2D eigenvalue weighted by molar-refractivity contribution is 7.89. The van der Waals surface area contributed by atoms with Crippen LogP contribution in [0.3, 0.4) is 0 Å². The van der Waals surface area contributed by atoms with E-state index in [4.69, 9.17) is 10.9 Å². The van der Waals surface area contributed by atoms with E-state index in [0.29, 0.717) is 23.1 Å². The predicted octanol–water partition coefficient (Wildman–Crippen LogP) is 0.828. The fourth-order valence-electron chi connectivity index (χ4n) is 2.78. The normalized spacial score (nSPS) is 20.0. The van der Waals surface area contributed by atoms with Crippen LogP contribution in [0.4, 0.5) is 5.69 Å². The van der Waals surface area contributed by atoms with Gasteiger partial charge >= 0.3 is 0 Å². The third-order valence-electron chi connectivity index (χ3n) is 4.07. The summed E-state index contributed by atoms with van der Waals surface area (Å²) < 4.78 is 22.6. The third kappa shape index (κ3) is 4.09. The molecule has 0 unspecified atom stereocenters. The lowest BCUT2D eigenvalue weighted by Crippen LogP contribution is -2.46. The van der Waals surface area contributed by atoms with Crippen molar-refractivity contribution in [3.8, 4) is 0 Å². The lowest BCUT2D eigenvalue weighted by Gasteiger charge is -2.31. The second-order valence-corrected chi connectivity index (χ2v) is 7.60. The summed E-state index contributed by atoms with van der Waals surface area (Å²) in [5.41, 5.74) is 9.91.